The normalized spacial score (nSPS) is 10.1. The lowest BCUT2D eigenvalue weighted by Gasteiger charge is -2.01. The standard InChI is InChI=1S/C7H6BrN5S/c8-6-3-11-7(4-9-6)10-1-5-2-12-13-14-5/h2-4H,1H2,(H,10,11). The van der Waals surface area contributed by atoms with Crippen molar-refractivity contribution in [3.8, 4) is 0 Å². The molecule has 0 bridgehead atoms. The van der Waals surface area contributed by atoms with Crippen LogP contribution in [0.5, 0.6) is 0 Å². The molecular weight excluding hydrogens is 266 g/mol. The Bertz CT molecular complexity index is 387. The van der Waals surface area contributed by atoms with Crippen molar-refractivity contribution >= 4 is 33.3 Å². The van der Waals surface area contributed by atoms with Crippen molar-refractivity contribution in [2.75, 3.05) is 5.32 Å². The summed E-state index contributed by atoms with van der Waals surface area (Å²) in [5.41, 5.74) is 0. The highest BCUT2D eigenvalue weighted by Crippen LogP contribution is 2.08. The van der Waals surface area contributed by atoms with Crippen LogP contribution in [-0.4, -0.2) is 19.6 Å². The second-order valence-electron chi connectivity index (χ2n) is 2.46. The molecule has 0 unspecified atom stereocenters. The van der Waals surface area contributed by atoms with E-state index in [9.17, 15) is 0 Å². The van der Waals surface area contributed by atoms with Crippen LogP contribution >= 0.6 is 27.5 Å². The molecule has 2 aromatic heterocycles. The smallest absolute Gasteiger partial charge is 0.144 e. The van der Waals surface area contributed by atoms with Crippen LogP contribution < -0.4 is 5.32 Å². The van der Waals surface area contributed by atoms with Gasteiger partial charge in [0, 0.05) is 0 Å². The molecule has 1 N–H and O–H groups in total. The Labute approximate surface area is 92.9 Å². The van der Waals surface area contributed by atoms with Crippen molar-refractivity contribution in [3.63, 3.8) is 0 Å². The molecule has 2 heterocycles. The van der Waals surface area contributed by atoms with Gasteiger partial charge in [-0.3, -0.25) is 0 Å². The molecule has 0 aliphatic carbocycles. The predicted molar refractivity (Wildman–Crippen MR) is 57.0 cm³/mol. The quantitative estimate of drug-likeness (QED) is 0.921. The molecule has 5 nitrogen and oxygen atoms in total. The zero-order valence-corrected chi connectivity index (χ0v) is 9.42. The Morgan fingerprint density at radius 3 is 2.86 bits per heavy atom. The number of aromatic nitrogens is 4. The first-order chi connectivity index (χ1) is 6.84. The molecule has 0 aromatic carbocycles. The number of nitrogens with one attached hydrogen (secondary N) is 1. The predicted octanol–water partition coefficient (Wildman–Crippen LogP) is 1.70. The van der Waals surface area contributed by atoms with Gasteiger partial charge in [-0.05, 0) is 27.5 Å². The van der Waals surface area contributed by atoms with Gasteiger partial charge in [0.1, 0.15) is 10.4 Å². The molecule has 0 fully saturated rings. The van der Waals surface area contributed by atoms with E-state index in [0.717, 1.165) is 15.3 Å². The van der Waals surface area contributed by atoms with Gasteiger partial charge < -0.3 is 5.32 Å². The lowest BCUT2D eigenvalue weighted by Crippen LogP contribution is -1.99. The summed E-state index contributed by atoms with van der Waals surface area (Å²) in [7, 11) is 0. The fourth-order valence-corrected chi connectivity index (χ4v) is 1.48. The molecule has 2 aromatic rings. The summed E-state index contributed by atoms with van der Waals surface area (Å²) in [4.78, 5) is 9.23. The SMILES string of the molecule is Brc1cnc(NCc2cnns2)cn1. The Morgan fingerprint density at radius 2 is 2.21 bits per heavy atom. The molecule has 7 heteroatoms. The van der Waals surface area contributed by atoms with Crippen LogP contribution in [0.4, 0.5) is 5.82 Å². The first kappa shape index (κ1) is 9.47. The maximum absolute atomic E-state index is 4.12. The molecule has 0 radical (unpaired) electrons. The third-order valence-electron chi connectivity index (χ3n) is 1.47. The van der Waals surface area contributed by atoms with Gasteiger partial charge in [0.25, 0.3) is 0 Å². The second-order valence-corrected chi connectivity index (χ2v) is 4.14. The van der Waals surface area contributed by atoms with E-state index < -0.39 is 0 Å². The summed E-state index contributed by atoms with van der Waals surface area (Å²) in [6.45, 7) is 0.675. The maximum atomic E-state index is 4.12. The first-order valence-corrected chi connectivity index (χ1v) is 5.39. The summed E-state index contributed by atoms with van der Waals surface area (Å²) in [6.07, 6.45) is 5.04. The Morgan fingerprint density at radius 1 is 1.29 bits per heavy atom. The number of hydrogen-bond acceptors (Lipinski definition) is 6. The summed E-state index contributed by atoms with van der Waals surface area (Å²) in [5, 5.41) is 6.84. The number of nitrogens with zero attached hydrogens (tertiary/aromatic N) is 4. The molecule has 0 saturated carbocycles. The molecule has 0 amide bonds. The minimum absolute atomic E-state index is 0.675. The fourth-order valence-electron chi connectivity index (χ4n) is 0.847. The van der Waals surface area contributed by atoms with Gasteiger partial charge in [-0.2, -0.15) is 0 Å². The topological polar surface area (TPSA) is 63.6 Å². The molecule has 72 valence electrons. The largest absolute Gasteiger partial charge is 0.364 e. The minimum Gasteiger partial charge on any atom is -0.364 e. The van der Waals surface area contributed by atoms with Gasteiger partial charge in [0.2, 0.25) is 0 Å². The van der Waals surface area contributed by atoms with Crippen molar-refractivity contribution in [2.24, 2.45) is 0 Å². The van der Waals surface area contributed by atoms with E-state index in [1.807, 2.05) is 0 Å². The van der Waals surface area contributed by atoms with E-state index in [0.29, 0.717) is 6.54 Å². The molecule has 0 atom stereocenters. The molecule has 0 aliphatic heterocycles. The Kier molecular flexibility index (Phi) is 3.00. The molecule has 0 spiro atoms. The average molecular weight is 272 g/mol. The molecule has 0 saturated heterocycles. The van der Waals surface area contributed by atoms with Crippen LogP contribution in [0.3, 0.4) is 0 Å². The monoisotopic (exact) mass is 271 g/mol. The number of rotatable bonds is 3. The van der Waals surface area contributed by atoms with Crippen LogP contribution in [-0.2, 0) is 6.54 Å². The Hall–Kier alpha value is -1.08. The van der Waals surface area contributed by atoms with Crippen LogP contribution in [0.1, 0.15) is 4.88 Å². The van der Waals surface area contributed by atoms with E-state index in [1.54, 1.807) is 18.6 Å². The van der Waals surface area contributed by atoms with E-state index in [1.165, 1.54) is 11.5 Å². The second kappa shape index (κ2) is 4.43. The van der Waals surface area contributed by atoms with Gasteiger partial charge in [-0.25, -0.2) is 9.97 Å². The van der Waals surface area contributed by atoms with Gasteiger partial charge in [0.05, 0.1) is 30.0 Å². The summed E-state index contributed by atoms with van der Waals surface area (Å²) in [6, 6.07) is 0. The third-order valence-corrected chi connectivity index (χ3v) is 2.54. The summed E-state index contributed by atoms with van der Waals surface area (Å²) >= 11 is 4.58. The fraction of sp³-hybridized carbons (Fsp3) is 0.143. The van der Waals surface area contributed by atoms with Gasteiger partial charge in [-0.15, -0.1) is 5.10 Å². The third kappa shape index (κ3) is 2.46. The van der Waals surface area contributed by atoms with Crippen molar-refractivity contribution < 1.29 is 0 Å². The van der Waals surface area contributed by atoms with Gasteiger partial charge in [0.15, 0.2) is 0 Å². The van der Waals surface area contributed by atoms with E-state index >= 15 is 0 Å². The minimum atomic E-state index is 0.675. The van der Waals surface area contributed by atoms with E-state index in [2.05, 4.69) is 40.8 Å². The zero-order chi connectivity index (χ0) is 9.80. The van der Waals surface area contributed by atoms with Crippen molar-refractivity contribution in [2.45, 2.75) is 6.54 Å². The number of halogens is 1. The van der Waals surface area contributed by atoms with Crippen LogP contribution in [0.25, 0.3) is 0 Å². The average Bonchev–Trinajstić information content (AvgIpc) is 2.70. The van der Waals surface area contributed by atoms with Gasteiger partial charge >= 0.3 is 0 Å². The lowest BCUT2D eigenvalue weighted by molar-refractivity contribution is 1.08. The highest BCUT2D eigenvalue weighted by Gasteiger charge is 1.97. The van der Waals surface area contributed by atoms with Gasteiger partial charge in [-0.1, -0.05) is 4.49 Å². The highest BCUT2D eigenvalue weighted by atomic mass is 79.9. The summed E-state index contributed by atoms with van der Waals surface area (Å²) < 4.78 is 4.48. The number of hydrogen-bond donors (Lipinski definition) is 1. The molecule has 2 rings (SSSR count). The molecular formula is C7H6BrN5S. The van der Waals surface area contributed by atoms with Crippen LogP contribution in [0.15, 0.2) is 23.2 Å². The highest BCUT2D eigenvalue weighted by molar-refractivity contribution is 9.10. The Balaban J connectivity index is 1.95. The number of anilines is 1. The van der Waals surface area contributed by atoms with Crippen molar-refractivity contribution in [1.29, 1.82) is 0 Å². The maximum Gasteiger partial charge on any atom is 0.144 e. The molecule has 14 heavy (non-hydrogen) atoms. The van der Waals surface area contributed by atoms with E-state index in [4.69, 9.17) is 0 Å². The van der Waals surface area contributed by atoms with Crippen molar-refractivity contribution in [1.82, 2.24) is 19.6 Å². The lowest BCUT2D eigenvalue weighted by atomic mass is 10.5. The summed E-state index contributed by atoms with van der Waals surface area (Å²) in [5.74, 6) is 0.738. The molecule has 0 aliphatic rings. The zero-order valence-electron chi connectivity index (χ0n) is 7.01. The van der Waals surface area contributed by atoms with Crippen LogP contribution in [0, 0.1) is 0 Å². The van der Waals surface area contributed by atoms with Crippen molar-refractivity contribution in [3.05, 3.63) is 28.1 Å². The van der Waals surface area contributed by atoms with E-state index in [-0.39, 0.29) is 0 Å². The first-order valence-electron chi connectivity index (χ1n) is 3.82. The van der Waals surface area contributed by atoms with Crippen LogP contribution in [0.2, 0.25) is 0 Å².